The number of anilines is 2. The largest absolute Gasteiger partial charge is 0.472 e. The van der Waals surface area contributed by atoms with Crippen molar-refractivity contribution in [1.29, 1.82) is 0 Å². The topological polar surface area (TPSA) is 58.4 Å². The maximum Gasteiger partial charge on any atom is 0.259 e. The zero-order valence-electron chi connectivity index (χ0n) is 10.5. The number of pyridine rings is 1. The first-order valence-electron chi connectivity index (χ1n) is 6.38. The average molecular weight is 257 g/mol. The molecule has 1 aliphatic rings. The van der Waals surface area contributed by atoms with E-state index in [-0.39, 0.29) is 5.91 Å². The molecule has 0 aromatic carbocycles. The van der Waals surface area contributed by atoms with Gasteiger partial charge in [-0.2, -0.15) is 0 Å². The molecule has 5 nitrogen and oxygen atoms in total. The fourth-order valence-corrected chi connectivity index (χ4v) is 2.26. The van der Waals surface area contributed by atoms with Gasteiger partial charge < -0.3 is 14.6 Å². The van der Waals surface area contributed by atoms with E-state index in [0.29, 0.717) is 5.56 Å². The molecule has 1 saturated heterocycles. The third-order valence-electron chi connectivity index (χ3n) is 3.22. The van der Waals surface area contributed by atoms with Crippen LogP contribution in [0.4, 0.5) is 11.5 Å². The summed E-state index contributed by atoms with van der Waals surface area (Å²) in [6, 6.07) is 5.34. The predicted molar refractivity (Wildman–Crippen MR) is 72.3 cm³/mol. The van der Waals surface area contributed by atoms with Crippen LogP contribution in [-0.2, 0) is 0 Å². The van der Waals surface area contributed by atoms with Crippen molar-refractivity contribution in [2.24, 2.45) is 0 Å². The first kappa shape index (κ1) is 11.8. The molecule has 3 heterocycles. The Hall–Kier alpha value is -2.30. The number of furan rings is 1. The van der Waals surface area contributed by atoms with Gasteiger partial charge in [0.25, 0.3) is 5.91 Å². The van der Waals surface area contributed by atoms with Crippen molar-refractivity contribution >= 4 is 17.4 Å². The van der Waals surface area contributed by atoms with Gasteiger partial charge >= 0.3 is 0 Å². The molecule has 3 rings (SSSR count). The smallest absolute Gasteiger partial charge is 0.259 e. The van der Waals surface area contributed by atoms with Crippen LogP contribution in [0.3, 0.4) is 0 Å². The highest BCUT2D eigenvalue weighted by molar-refractivity contribution is 6.05. The lowest BCUT2D eigenvalue weighted by atomic mass is 10.3. The molecule has 98 valence electrons. The summed E-state index contributed by atoms with van der Waals surface area (Å²) in [5.41, 5.74) is 1.26. The molecule has 0 atom stereocenters. The molecule has 0 radical (unpaired) electrons. The van der Waals surface area contributed by atoms with E-state index in [2.05, 4.69) is 15.2 Å². The van der Waals surface area contributed by atoms with Crippen LogP contribution < -0.4 is 10.2 Å². The summed E-state index contributed by atoms with van der Waals surface area (Å²) in [5, 5.41) is 2.89. The molecule has 0 bridgehead atoms. The van der Waals surface area contributed by atoms with E-state index in [1.807, 2.05) is 12.1 Å². The van der Waals surface area contributed by atoms with Crippen LogP contribution in [0.5, 0.6) is 0 Å². The monoisotopic (exact) mass is 257 g/mol. The fourth-order valence-electron chi connectivity index (χ4n) is 2.26. The zero-order valence-corrected chi connectivity index (χ0v) is 10.5. The van der Waals surface area contributed by atoms with Gasteiger partial charge in [0.1, 0.15) is 6.26 Å². The minimum Gasteiger partial charge on any atom is -0.472 e. The Morgan fingerprint density at radius 3 is 2.89 bits per heavy atom. The van der Waals surface area contributed by atoms with E-state index in [1.54, 1.807) is 12.3 Å². The van der Waals surface area contributed by atoms with Gasteiger partial charge in [-0.3, -0.25) is 4.79 Å². The maximum absolute atomic E-state index is 12.0. The molecule has 1 fully saturated rings. The van der Waals surface area contributed by atoms with Crippen molar-refractivity contribution in [3.05, 3.63) is 42.5 Å². The van der Waals surface area contributed by atoms with Gasteiger partial charge in [-0.05, 0) is 31.0 Å². The number of nitrogens with one attached hydrogen (secondary N) is 1. The highest BCUT2D eigenvalue weighted by atomic mass is 16.3. The molecule has 1 amide bonds. The Labute approximate surface area is 111 Å². The van der Waals surface area contributed by atoms with E-state index in [9.17, 15) is 4.79 Å². The van der Waals surface area contributed by atoms with Crippen molar-refractivity contribution in [3.63, 3.8) is 0 Å². The maximum atomic E-state index is 12.0. The average Bonchev–Trinajstić information content (AvgIpc) is 3.13. The third-order valence-corrected chi connectivity index (χ3v) is 3.22. The first-order chi connectivity index (χ1) is 9.34. The molecule has 2 aromatic heterocycles. The highest BCUT2D eigenvalue weighted by Gasteiger charge is 2.18. The Bertz CT molecular complexity index is 560. The summed E-state index contributed by atoms with van der Waals surface area (Å²) in [4.78, 5) is 18.6. The lowest BCUT2D eigenvalue weighted by Gasteiger charge is -2.19. The lowest BCUT2D eigenvalue weighted by Crippen LogP contribution is -2.22. The number of nitrogens with zero attached hydrogens (tertiary/aromatic N) is 2. The fraction of sp³-hybridized carbons (Fsp3) is 0.286. The zero-order chi connectivity index (χ0) is 13.1. The van der Waals surface area contributed by atoms with Crippen LogP contribution in [0, 0.1) is 0 Å². The molecule has 1 aliphatic heterocycles. The molecule has 19 heavy (non-hydrogen) atoms. The van der Waals surface area contributed by atoms with Gasteiger partial charge in [0, 0.05) is 19.3 Å². The number of hydrogen-bond donors (Lipinski definition) is 1. The summed E-state index contributed by atoms with van der Waals surface area (Å²) in [7, 11) is 0. The van der Waals surface area contributed by atoms with E-state index in [4.69, 9.17) is 4.42 Å². The van der Waals surface area contributed by atoms with Crippen LogP contribution in [0.2, 0.25) is 0 Å². The normalized spacial score (nSPS) is 14.6. The second-order valence-electron chi connectivity index (χ2n) is 4.53. The Balaban J connectivity index is 1.82. The third kappa shape index (κ3) is 2.45. The number of carbonyl (C=O) groups is 1. The van der Waals surface area contributed by atoms with E-state index in [0.717, 1.165) is 24.6 Å². The molecule has 0 unspecified atom stereocenters. The van der Waals surface area contributed by atoms with Crippen molar-refractivity contribution in [2.45, 2.75) is 12.8 Å². The summed E-state index contributed by atoms with van der Waals surface area (Å²) >= 11 is 0. The van der Waals surface area contributed by atoms with Gasteiger partial charge in [0.2, 0.25) is 0 Å². The van der Waals surface area contributed by atoms with E-state index < -0.39 is 0 Å². The Morgan fingerprint density at radius 1 is 1.32 bits per heavy atom. The second kappa shape index (κ2) is 5.14. The summed E-state index contributed by atoms with van der Waals surface area (Å²) < 4.78 is 4.92. The van der Waals surface area contributed by atoms with Crippen molar-refractivity contribution < 1.29 is 9.21 Å². The number of rotatable bonds is 3. The molecular weight excluding hydrogens is 242 g/mol. The number of amides is 1. The van der Waals surface area contributed by atoms with E-state index >= 15 is 0 Å². The molecule has 0 aliphatic carbocycles. The number of aromatic nitrogens is 1. The summed E-state index contributed by atoms with van der Waals surface area (Å²) in [6.07, 6.45) is 7.01. The second-order valence-corrected chi connectivity index (χ2v) is 4.53. The number of carbonyl (C=O) groups excluding carboxylic acids is 1. The Morgan fingerprint density at radius 2 is 2.16 bits per heavy atom. The molecule has 1 N–H and O–H groups in total. The number of hydrogen-bond acceptors (Lipinski definition) is 4. The first-order valence-corrected chi connectivity index (χ1v) is 6.38. The van der Waals surface area contributed by atoms with Crippen LogP contribution in [0.1, 0.15) is 23.2 Å². The Kier molecular flexibility index (Phi) is 3.18. The SMILES string of the molecule is O=C(Nc1cccnc1N1CCCC1)c1ccoc1. The summed E-state index contributed by atoms with van der Waals surface area (Å²) in [6.45, 7) is 1.98. The molecule has 5 heteroatoms. The van der Waals surface area contributed by atoms with Crippen LogP contribution in [-0.4, -0.2) is 24.0 Å². The van der Waals surface area contributed by atoms with Gasteiger partial charge in [-0.15, -0.1) is 0 Å². The van der Waals surface area contributed by atoms with E-state index in [1.165, 1.54) is 25.4 Å². The molecule has 0 spiro atoms. The lowest BCUT2D eigenvalue weighted by molar-refractivity contribution is 0.102. The van der Waals surface area contributed by atoms with Crippen molar-refractivity contribution in [1.82, 2.24) is 4.98 Å². The van der Waals surface area contributed by atoms with Crippen LogP contribution in [0.25, 0.3) is 0 Å². The van der Waals surface area contributed by atoms with Gasteiger partial charge in [-0.1, -0.05) is 0 Å². The van der Waals surface area contributed by atoms with Gasteiger partial charge in [-0.25, -0.2) is 4.98 Å². The van der Waals surface area contributed by atoms with Crippen molar-refractivity contribution in [2.75, 3.05) is 23.3 Å². The van der Waals surface area contributed by atoms with Crippen LogP contribution >= 0.6 is 0 Å². The quantitative estimate of drug-likeness (QED) is 0.918. The molecular formula is C14H15N3O2. The summed E-state index contributed by atoms with van der Waals surface area (Å²) in [5.74, 6) is 0.666. The van der Waals surface area contributed by atoms with Crippen LogP contribution in [0.15, 0.2) is 41.3 Å². The van der Waals surface area contributed by atoms with Gasteiger partial charge in [0.05, 0.1) is 17.5 Å². The standard InChI is InChI=1S/C14H15N3O2/c18-14(11-5-9-19-10-11)16-12-4-3-6-15-13(12)17-7-1-2-8-17/h3-6,9-10H,1-2,7-8H2,(H,16,18). The van der Waals surface area contributed by atoms with Crippen molar-refractivity contribution in [3.8, 4) is 0 Å². The molecule has 0 saturated carbocycles. The highest BCUT2D eigenvalue weighted by Crippen LogP contribution is 2.26. The molecule has 2 aromatic rings. The predicted octanol–water partition coefficient (Wildman–Crippen LogP) is 2.53. The minimum absolute atomic E-state index is 0.179. The van der Waals surface area contributed by atoms with Gasteiger partial charge in [0.15, 0.2) is 5.82 Å². The minimum atomic E-state index is -0.179.